The minimum absolute atomic E-state index is 0.834. The van der Waals surface area contributed by atoms with Crippen molar-refractivity contribution in [3.8, 4) is 17.1 Å². The highest BCUT2D eigenvalue weighted by molar-refractivity contribution is 5.77. The van der Waals surface area contributed by atoms with Crippen LogP contribution in [0.2, 0.25) is 0 Å². The molecular weight excluding hydrogens is 747 g/mol. The minimum atomic E-state index is 0.834. The Labute approximate surface area is 359 Å². The summed E-state index contributed by atoms with van der Waals surface area (Å²) in [7, 11) is 0. The van der Waals surface area contributed by atoms with E-state index in [2.05, 4.69) is 255 Å². The number of aromatic nitrogens is 6. The lowest BCUT2D eigenvalue weighted by Crippen LogP contribution is -2.31. The molecule has 7 nitrogen and oxygen atoms in total. The van der Waals surface area contributed by atoms with Crippen LogP contribution in [0.1, 0.15) is 54.2 Å². The molecule has 0 N–H and O–H groups in total. The van der Waals surface area contributed by atoms with E-state index in [-0.39, 0.29) is 0 Å². The number of hydrogen-bond acceptors (Lipinski definition) is 1. The zero-order valence-electron chi connectivity index (χ0n) is 35.4. The van der Waals surface area contributed by atoms with Gasteiger partial charge in [-0.25, -0.2) is 27.4 Å². The molecule has 0 saturated heterocycles. The summed E-state index contributed by atoms with van der Waals surface area (Å²) >= 11 is 0. The molecule has 61 heavy (non-hydrogen) atoms. The number of anilines is 3. The number of imidazole rings is 3. The van der Waals surface area contributed by atoms with Crippen molar-refractivity contribution in [2.75, 3.05) is 4.90 Å². The van der Waals surface area contributed by atoms with Gasteiger partial charge in [-0.1, -0.05) is 93.6 Å². The zero-order chi connectivity index (χ0) is 41.5. The Bertz CT molecular complexity index is 2480. The topological polar surface area (TPSA) is 29.7 Å². The Hall–Kier alpha value is -7.25. The van der Waals surface area contributed by atoms with E-state index in [1.807, 2.05) is 0 Å². The van der Waals surface area contributed by atoms with Crippen LogP contribution in [0.4, 0.5) is 17.1 Å². The first-order valence-corrected chi connectivity index (χ1v) is 21.6. The summed E-state index contributed by atoms with van der Waals surface area (Å²) in [6.45, 7) is 9.09. The molecule has 0 aliphatic heterocycles. The van der Waals surface area contributed by atoms with E-state index >= 15 is 0 Å². The second-order valence-corrected chi connectivity index (χ2v) is 15.9. The average Bonchev–Trinajstić information content (AvgIpc) is 4.11. The maximum absolute atomic E-state index is 2.33. The first kappa shape index (κ1) is 39.2. The summed E-state index contributed by atoms with van der Waals surface area (Å²) in [4.78, 5) is 2.33. The molecule has 0 unspecified atom stereocenters. The standard InChI is InChI=1S/C54H54N7/c1-4-43-7-13-46(14-8-43)37-55-31-34-58(40-55)49-19-25-52(26-20-49)61(53-27-21-50(22-28-53)59-35-32-56(41-59)38-47-15-9-44(5-2)10-16-47)54-29-23-51(24-30-54)60-36-33-57(42-60)39-48-17-11-45(6-3)12-18-48/h7-36,40-42H,4-6,37-39H2,1-3H3/q+3. The lowest BCUT2D eigenvalue weighted by atomic mass is 10.1. The number of rotatable bonds is 15. The normalized spacial score (nSPS) is 11.3. The van der Waals surface area contributed by atoms with E-state index in [1.165, 1.54) is 33.4 Å². The van der Waals surface area contributed by atoms with Crippen molar-refractivity contribution in [1.29, 1.82) is 0 Å². The Morgan fingerprint density at radius 2 is 0.574 bits per heavy atom. The molecule has 3 heterocycles. The van der Waals surface area contributed by atoms with Gasteiger partial charge < -0.3 is 4.90 Å². The zero-order valence-corrected chi connectivity index (χ0v) is 35.4. The van der Waals surface area contributed by atoms with Gasteiger partial charge in [0.1, 0.15) is 73.9 Å². The van der Waals surface area contributed by atoms with Crippen LogP contribution in [0.25, 0.3) is 17.1 Å². The van der Waals surface area contributed by atoms with Gasteiger partial charge in [0.25, 0.3) is 0 Å². The fraction of sp³-hybridized carbons (Fsp3) is 0.167. The molecule has 0 saturated carbocycles. The van der Waals surface area contributed by atoms with Gasteiger partial charge in [0.2, 0.25) is 19.0 Å². The van der Waals surface area contributed by atoms with Gasteiger partial charge in [0.05, 0.1) is 0 Å². The molecule has 302 valence electrons. The monoisotopic (exact) mass is 800 g/mol. The van der Waals surface area contributed by atoms with Gasteiger partial charge in [-0.2, -0.15) is 0 Å². The highest BCUT2D eigenvalue weighted by atomic mass is 15.2. The second kappa shape index (κ2) is 17.9. The largest absolute Gasteiger partial charge is 0.310 e. The Morgan fingerprint density at radius 1 is 0.328 bits per heavy atom. The second-order valence-electron chi connectivity index (χ2n) is 15.9. The first-order valence-electron chi connectivity index (χ1n) is 21.6. The molecule has 9 aromatic rings. The number of hydrogen-bond donors (Lipinski definition) is 0. The van der Waals surface area contributed by atoms with Crippen LogP contribution >= 0.6 is 0 Å². The highest BCUT2D eigenvalue weighted by Gasteiger charge is 2.17. The van der Waals surface area contributed by atoms with E-state index in [0.717, 1.165) is 73.0 Å². The Kier molecular flexibility index (Phi) is 11.5. The SMILES string of the molecule is CCc1ccc(C[n+]2ccn(-c3ccc(N(c4ccc(-n5cc[n+](Cc6ccc(CC)cc6)c5)cc4)c4ccc(-n5cc[n+](Cc6ccc(CC)cc6)c5)cc4)cc3)c2)cc1. The molecule has 0 aliphatic rings. The maximum atomic E-state index is 2.33. The number of aryl methyl sites for hydroxylation is 3. The van der Waals surface area contributed by atoms with Gasteiger partial charge in [0, 0.05) is 17.1 Å². The summed E-state index contributed by atoms with van der Waals surface area (Å²) in [5.74, 6) is 0. The van der Waals surface area contributed by atoms with Crippen molar-refractivity contribution in [1.82, 2.24) is 13.7 Å². The molecule has 0 radical (unpaired) electrons. The lowest BCUT2D eigenvalue weighted by molar-refractivity contribution is -0.687. The third-order valence-electron chi connectivity index (χ3n) is 11.7. The molecule has 9 rings (SSSR count). The number of nitrogens with zero attached hydrogens (tertiary/aromatic N) is 7. The summed E-state index contributed by atoms with van der Waals surface area (Å²) in [6.07, 6.45) is 22.5. The summed E-state index contributed by atoms with van der Waals surface area (Å²) in [5, 5.41) is 0. The molecule has 0 spiro atoms. The van der Waals surface area contributed by atoms with Crippen LogP contribution in [-0.4, -0.2) is 13.7 Å². The van der Waals surface area contributed by atoms with E-state index in [9.17, 15) is 0 Å². The van der Waals surface area contributed by atoms with Crippen LogP contribution in [0.15, 0.2) is 202 Å². The summed E-state index contributed by atoms with van der Waals surface area (Å²) in [6, 6.07) is 53.3. The quantitative estimate of drug-likeness (QED) is 0.0950. The predicted molar refractivity (Wildman–Crippen MR) is 244 cm³/mol. The molecule has 3 aromatic heterocycles. The van der Waals surface area contributed by atoms with Crippen LogP contribution in [0.5, 0.6) is 0 Å². The Morgan fingerprint density at radius 3 is 0.820 bits per heavy atom. The highest BCUT2D eigenvalue weighted by Crippen LogP contribution is 2.36. The van der Waals surface area contributed by atoms with Crippen LogP contribution in [-0.2, 0) is 38.9 Å². The van der Waals surface area contributed by atoms with E-state index in [1.54, 1.807) is 0 Å². The molecule has 6 aromatic carbocycles. The molecule has 0 aliphatic carbocycles. The van der Waals surface area contributed by atoms with Crippen LogP contribution in [0.3, 0.4) is 0 Å². The third kappa shape index (κ3) is 9.17. The average molecular weight is 801 g/mol. The summed E-state index contributed by atoms with van der Waals surface area (Å²) < 4.78 is 13.3. The maximum Gasteiger partial charge on any atom is 0.249 e. The predicted octanol–water partition coefficient (Wildman–Crippen LogP) is 10.2. The van der Waals surface area contributed by atoms with Crippen molar-refractivity contribution in [3.63, 3.8) is 0 Å². The van der Waals surface area contributed by atoms with Gasteiger partial charge >= 0.3 is 0 Å². The summed E-state index contributed by atoms with van der Waals surface area (Å²) in [5.41, 5.74) is 14.6. The van der Waals surface area contributed by atoms with Crippen molar-refractivity contribution >= 4 is 17.1 Å². The lowest BCUT2D eigenvalue weighted by Gasteiger charge is -2.25. The van der Waals surface area contributed by atoms with E-state index in [4.69, 9.17) is 0 Å². The molecule has 7 heteroatoms. The number of benzene rings is 6. The minimum Gasteiger partial charge on any atom is -0.310 e. The van der Waals surface area contributed by atoms with Crippen LogP contribution in [0, 0.1) is 0 Å². The first-order chi connectivity index (χ1) is 30.0. The third-order valence-corrected chi connectivity index (χ3v) is 11.7. The van der Waals surface area contributed by atoms with Gasteiger partial charge in [0.15, 0.2) is 0 Å². The van der Waals surface area contributed by atoms with Crippen molar-refractivity contribution in [2.24, 2.45) is 0 Å². The molecule has 0 amide bonds. The fourth-order valence-corrected chi connectivity index (χ4v) is 7.96. The van der Waals surface area contributed by atoms with E-state index in [0.29, 0.717) is 0 Å². The van der Waals surface area contributed by atoms with Crippen molar-refractivity contribution in [3.05, 3.63) is 235 Å². The molecule has 0 atom stereocenters. The van der Waals surface area contributed by atoms with Crippen LogP contribution < -0.4 is 18.6 Å². The molecular formula is C54H54N7+3. The van der Waals surface area contributed by atoms with E-state index < -0.39 is 0 Å². The molecule has 0 bridgehead atoms. The molecule has 0 fully saturated rings. The van der Waals surface area contributed by atoms with Gasteiger partial charge in [-0.15, -0.1) is 0 Å². The van der Waals surface area contributed by atoms with Crippen molar-refractivity contribution in [2.45, 2.75) is 59.7 Å². The smallest absolute Gasteiger partial charge is 0.249 e. The van der Waals surface area contributed by atoms with Gasteiger partial charge in [-0.05, 0) is 125 Å². The van der Waals surface area contributed by atoms with Crippen molar-refractivity contribution < 1.29 is 13.7 Å². The fourth-order valence-electron chi connectivity index (χ4n) is 7.96. The Balaban J connectivity index is 0.967. The van der Waals surface area contributed by atoms with Gasteiger partial charge in [-0.3, -0.25) is 0 Å².